The van der Waals surface area contributed by atoms with Crippen molar-refractivity contribution in [3.63, 3.8) is 0 Å². The van der Waals surface area contributed by atoms with Gasteiger partial charge in [-0.15, -0.1) is 11.3 Å². The Bertz CT molecular complexity index is 1020. The van der Waals surface area contributed by atoms with Crippen LogP contribution in [0.4, 0.5) is 0 Å². The highest BCUT2D eigenvalue weighted by Gasteiger charge is 2.18. The van der Waals surface area contributed by atoms with E-state index in [2.05, 4.69) is 15.5 Å². The van der Waals surface area contributed by atoms with Crippen molar-refractivity contribution in [2.75, 3.05) is 19.7 Å². The van der Waals surface area contributed by atoms with Crippen molar-refractivity contribution in [2.45, 2.75) is 26.3 Å². The summed E-state index contributed by atoms with van der Waals surface area (Å²) < 4.78 is 10.2. The normalized spacial score (nSPS) is 10.5. The minimum absolute atomic E-state index is 0.00285. The predicted molar refractivity (Wildman–Crippen MR) is 117 cm³/mol. The molecule has 2 heterocycles. The predicted octanol–water partition coefficient (Wildman–Crippen LogP) is 2.44. The fourth-order valence-electron chi connectivity index (χ4n) is 2.78. The minimum Gasteiger partial charge on any atom is -0.456 e. The van der Waals surface area contributed by atoms with Crippen molar-refractivity contribution in [2.24, 2.45) is 0 Å². The van der Waals surface area contributed by atoms with E-state index in [1.165, 1.54) is 4.90 Å². The highest BCUT2D eigenvalue weighted by atomic mass is 32.1. The number of amides is 2. The van der Waals surface area contributed by atoms with E-state index in [0.717, 1.165) is 10.4 Å². The molecule has 0 unspecified atom stereocenters. The molecule has 9 nitrogen and oxygen atoms in total. The second kappa shape index (κ2) is 11.8. The smallest absolute Gasteiger partial charge is 0.306 e. The molecule has 0 aliphatic rings. The number of benzene rings is 1. The Balaban J connectivity index is 1.38. The monoisotopic (exact) mass is 456 g/mol. The van der Waals surface area contributed by atoms with Gasteiger partial charge in [-0.1, -0.05) is 41.6 Å². The van der Waals surface area contributed by atoms with E-state index in [-0.39, 0.29) is 25.3 Å². The minimum atomic E-state index is -0.559. The number of hydrogen-bond acceptors (Lipinski definition) is 8. The molecule has 32 heavy (non-hydrogen) atoms. The molecule has 168 valence electrons. The first kappa shape index (κ1) is 23.1. The van der Waals surface area contributed by atoms with E-state index in [9.17, 15) is 14.4 Å². The summed E-state index contributed by atoms with van der Waals surface area (Å²) in [5.41, 5.74) is 0.815. The number of ether oxygens (including phenoxy) is 1. The van der Waals surface area contributed by atoms with Crippen LogP contribution in [0.3, 0.4) is 0 Å². The summed E-state index contributed by atoms with van der Waals surface area (Å²) >= 11 is 1.54. The Morgan fingerprint density at radius 1 is 1.16 bits per heavy atom. The number of nitrogens with zero attached hydrogens (tertiary/aromatic N) is 3. The van der Waals surface area contributed by atoms with Gasteiger partial charge in [0.25, 0.3) is 5.91 Å². The number of likely N-dealkylation sites (N-methyl/N-ethyl adjacent to an activating group) is 1. The number of thiophene rings is 1. The number of esters is 1. The lowest BCUT2D eigenvalue weighted by molar-refractivity contribution is -0.152. The zero-order valence-corrected chi connectivity index (χ0v) is 18.5. The molecule has 0 aliphatic carbocycles. The Hall–Kier alpha value is -3.53. The summed E-state index contributed by atoms with van der Waals surface area (Å²) in [5.74, 6) is -0.511. The molecule has 0 atom stereocenters. The average molecular weight is 457 g/mol. The van der Waals surface area contributed by atoms with Gasteiger partial charge < -0.3 is 19.5 Å². The fourth-order valence-corrected chi connectivity index (χ4v) is 3.42. The molecule has 0 radical (unpaired) electrons. The van der Waals surface area contributed by atoms with Gasteiger partial charge in [-0.2, -0.15) is 4.98 Å². The van der Waals surface area contributed by atoms with E-state index in [0.29, 0.717) is 24.8 Å². The zero-order chi connectivity index (χ0) is 22.8. The maximum atomic E-state index is 12.3. The average Bonchev–Trinajstić information content (AvgIpc) is 3.51. The maximum Gasteiger partial charge on any atom is 0.306 e. The van der Waals surface area contributed by atoms with Gasteiger partial charge in [-0.25, -0.2) is 0 Å². The number of aromatic nitrogens is 2. The van der Waals surface area contributed by atoms with Crippen LogP contribution in [0.2, 0.25) is 0 Å². The van der Waals surface area contributed by atoms with Crippen LogP contribution >= 0.6 is 11.3 Å². The standard InChI is InChI=1S/C22H24N4O5S/c1-2-26(14-18(27)23-13-17-9-6-12-32-17)20(28)15-30-21(29)11-10-19-24-22(25-31-19)16-7-4-3-5-8-16/h3-9,12H,2,10-11,13-15H2,1H3,(H,23,27). The number of carbonyl (C=O) groups excluding carboxylic acids is 3. The molecule has 1 aromatic carbocycles. The van der Waals surface area contributed by atoms with Crippen molar-refractivity contribution in [3.05, 3.63) is 58.6 Å². The lowest BCUT2D eigenvalue weighted by atomic mass is 10.2. The SMILES string of the molecule is CCN(CC(=O)NCc1cccs1)C(=O)COC(=O)CCc1nc(-c2ccccc2)no1. The molecule has 0 fully saturated rings. The molecule has 0 saturated heterocycles. The summed E-state index contributed by atoms with van der Waals surface area (Å²) in [7, 11) is 0. The Morgan fingerprint density at radius 2 is 1.97 bits per heavy atom. The van der Waals surface area contributed by atoms with Gasteiger partial charge in [0, 0.05) is 23.4 Å². The molecule has 3 aromatic rings. The third kappa shape index (κ3) is 7.02. The van der Waals surface area contributed by atoms with Crippen LogP contribution < -0.4 is 5.32 Å². The molecule has 10 heteroatoms. The Labute approximate surface area is 189 Å². The molecule has 0 aliphatic heterocycles. The van der Waals surface area contributed by atoms with Gasteiger partial charge in [-0.05, 0) is 18.4 Å². The molecule has 2 aromatic heterocycles. The number of carbonyl (C=O) groups is 3. The summed E-state index contributed by atoms with van der Waals surface area (Å²) in [5, 5.41) is 8.59. The van der Waals surface area contributed by atoms with Crippen molar-refractivity contribution in [1.82, 2.24) is 20.4 Å². The van der Waals surface area contributed by atoms with E-state index >= 15 is 0 Å². The first-order valence-corrected chi connectivity index (χ1v) is 11.0. The van der Waals surface area contributed by atoms with Crippen LogP contribution in [0.1, 0.15) is 24.1 Å². The molecule has 1 N–H and O–H groups in total. The molecule has 0 spiro atoms. The first-order chi connectivity index (χ1) is 15.5. The van der Waals surface area contributed by atoms with Crippen molar-refractivity contribution < 1.29 is 23.6 Å². The number of nitrogens with one attached hydrogen (secondary N) is 1. The highest BCUT2D eigenvalue weighted by molar-refractivity contribution is 7.09. The lowest BCUT2D eigenvalue weighted by Gasteiger charge is -2.20. The molecule has 0 bridgehead atoms. The summed E-state index contributed by atoms with van der Waals surface area (Å²) in [4.78, 5) is 43.0. The van der Waals surface area contributed by atoms with E-state index in [1.807, 2.05) is 47.8 Å². The van der Waals surface area contributed by atoms with Gasteiger partial charge in [0.1, 0.15) is 0 Å². The molecular formula is C22H24N4O5S. The second-order valence-corrected chi connectivity index (χ2v) is 7.83. The quantitative estimate of drug-likeness (QED) is 0.441. The Morgan fingerprint density at radius 3 is 2.69 bits per heavy atom. The van der Waals surface area contributed by atoms with Crippen LogP contribution in [0.5, 0.6) is 0 Å². The van der Waals surface area contributed by atoms with E-state index in [1.54, 1.807) is 18.3 Å². The third-order valence-electron chi connectivity index (χ3n) is 4.51. The second-order valence-electron chi connectivity index (χ2n) is 6.80. The molecular weight excluding hydrogens is 432 g/mol. The highest BCUT2D eigenvalue weighted by Crippen LogP contribution is 2.15. The fraction of sp³-hybridized carbons (Fsp3) is 0.318. The van der Waals surface area contributed by atoms with Crippen molar-refractivity contribution in [3.8, 4) is 11.4 Å². The van der Waals surface area contributed by atoms with Gasteiger partial charge in [0.2, 0.25) is 17.6 Å². The number of hydrogen-bond donors (Lipinski definition) is 1. The van der Waals surface area contributed by atoms with Gasteiger partial charge in [0.05, 0.1) is 19.5 Å². The Kier molecular flexibility index (Phi) is 8.50. The van der Waals surface area contributed by atoms with E-state index in [4.69, 9.17) is 9.26 Å². The van der Waals surface area contributed by atoms with Crippen LogP contribution in [-0.4, -0.2) is 52.5 Å². The van der Waals surface area contributed by atoms with Crippen LogP contribution in [0.15, 0.2) is 52.4 Å². The van der Waals surface area contributed by atoms with Crippen LogP contribution in [-0.2, 0) is 32.1 Å². The van der Waals surface area contributed by atoms with Gasteiger partial charge in [0.15, 0.2) is 6.61 Å². The van der Waals surface area contributed by atoms with Crippen LogP contribution in [0.25, 0.3) is 11.4 Å². The van der Waals surface area contributed by atoms with Crippen molar-refractivity contribution >= 4 is 29.1 Å². The largest absolute Gasteiger partial charge is 0.456 e. The number of rotatable bonds is 11. The summed E-state index contributed by atoms with van der Waals surface area (Å²) in [6, 6.07) is 13.2. The van der Waals surface area contributed by atoms with Gasteiger partial charge in [-0.3, -0.25) is 14.4 Å². The molecule has 0 saturated carbocycles. The summed E-state index contributed by atoms with van der Waals surface area (Å²) in [6.07, 6.45) is 0.201. The number of aryl methyl sites for hydroxylation is 1. The van der Waals surface area contributed by atoms with Gasteiger partial charge >= 0.3 is 5.97 Å². The topological polar surface area (TPSA) is 115 Å². The van der Waals surface area contributed by atoms with E-state index < -0.39 is 18.5 Å². The molecule has 2 amide bonds. The lowest BCUT2D eigenvalue weighted by Crippen LogP contribution is -2.42. The molecule has 3 rings (SSSR count). The van der Waals surface area contributed by atoms with Crippen LogP contribution in [0, 0.1) is 0 Å². The zero-order valence-electron chi connectivity index (χ0n) is 17.7. The maximum absolute atomic E-state index is 12.3. The van der Waals surface area contributed by atoms with Crippen molar-refractivity contribution in [1.29, 1.82) is 0 Å². The summed E-state index contributed by atoms with van der Waals surface area (Å²) in [6.45, 7) is 1.98. The third-order valence-corrected chi connectivity index (χ3v) is 5.38. The first-order valence-electron chi connectivity index (χ1n) is 10.2.